The van der Waals surface area contributed by atoms with Gasteiger partial charge in [-0.15, -0.1) is 0 Å². The van der Waals surface area contributed by atoms with Gasteiger partial charge in [-0.05, 0) is 54.7 Å². The van der Waals surface area contributed by atoms with Crippen molar-refractivity contribution in [3.63, 3.8) is 0 Å². The van der Waals surface area contributed by atoms with E-state index >= 15 is 0 Å². The number of hydrogen-bond donors (Lipinski definition) is 2. The molecular weight excluding hydrogens is 290 g/mol. The van der Waals surface area contributed by atoms with Crippen molar-refractivity contribution < 1.29 is 14.6 Å². The van der Waals surface area contributed by atoms with Crippen LogP contribution in [0, 0.1) is 24.7 Å². The number of rotatable bonds is 4. The van der Waals surface area contributed by atoms with Gasteiger partial charge in [-0.2, -0.15) is 0 Å². The predicted molar refractivity (Wildman–Crippen MR) is 91.3 cm³/mol. The van der Waals surface area contributed by atoms with Gasteiger partial charge in [-0.3, -0.25) is 0 Å². The van der Waals surface area contributed by atoms with Crippen LogP contribution in [0.4, 0.5) is 4.79 Å². The summed E-state index contributed by atoms with van der Waals surface area (Å²) in [6.45, 7) is 8.88. The number of phenols is 1. The summed E-state index contributed by atoms with van der Waals surface area (Å²) < 4.78 is 5.71. The Morgan fingerprint density at radius 1 is 1.39 bits per heavy atom. The molecule has 1 aliphatic carbocycles. The molecule has 1 aliphatic rings. The zero-order chi connectivity index (χ0) is 17.0. The molecule has 1 aromatic rings. The van der Waals surface area contributed by atoms with Crippen LogP contribution in [0.2, 0.25) is 0 Å². The number of nitrogens with one attached hydrogen (secondary N) is 1. The molecule has 4 heteroatoms. The van der Waals surface area contributed by atoms with E-state index in [9.17, 15) is 9.90 Å². The minimum atomic E-state index is -0.347. The van der Waals surface area contributed by atoms with E-state index in [1.54, 1.807) is 6.07 Å². The van der Waals surface area contributed by atoms with Crippen LogP contribution in [0.15, 0.2) is 18.2 Å². The average Bonchev–Trinajstić information content (AvgIpc) is 2.48. The number of carbonyl (C=O) groups excluding carboxylic acids is 1. The Kier molecular flexibility index (Phi) is 5.91. The Hall–Kier alpha value is -1.71. The van der Waals surface area contributed by atoms with Crippen molar-refractivity contribution >= 4 is 6.09 Å². The molecule has 0 spiro atoms. The first-order chi connectivity index (χ1) is 10.9. The minimum Gasteiger partial charge on any atom is -0.508 e. The van der Waals surface area contributed by atoms with Crippen LogP contribution in [0.3, 0.4) is 0 Å². The molecule has 0 saturated heterocycles. The summed E-state index contributed by atoms with van der Waals surface area (Å²) in [5.74, 6) is 1.86. The smallest absolute Gasteiger partial charge is 0.407 e. The third kappa shape index (κ3) is 4.88. The SMILES string of the molecule is Cc1cc(CNC(=O)OC2CC(C)CCC2C(C)C)ccc1O. The van der Waals surface area contributed by atoms with E-state index in [4.69, 9.17) is 4.74 Å². The molecule has 128 valence electrons. The van der Waals surface area contributed by atoms with Gasteiger partial charge in [0.2, 0.25) is 0 Å². The normalized spacial score (nSPS) is 24.5. The first kappa shape index (κ1) is 17.6. The summed E-state index contributed by atoms with van der Waals surface area (Å²) in [7, 11) is 0. The van der Waals surface area contributed by atoms with Crippen molar-refractivity contribution in [1.29, 1.82) is 0 Å². The predicted octanol–water partition coefficient (Wildman–Crippen LogP) is 4.39. The molecule has 0 bridgehead atoms. The number of amides is 1. The van der Waals surface area contributed by atoms with Gasteiger partial charge in [0.25, 0.3) is 0 Å². The molecule has 3 unspecified atom stereocenters. The maximum atomic E-state index is 12.1. The van der Waals surface area contributed by atoms with E-state index in [1.807, 2.05) is 19.1 Å². The monoisotopic (exact) mass is 319 g/mol. The number of aryl methyl sites for hydroxylation is 1. The summed E-state index contributed by atoms with van der Waals surface area (Å²) >= 11 is 0. The lowest BCUT2D eigenvalue weighted by molar-refractivity contribution is 0.00601. The second-order valence-corrected chi connectivity index (χ2v) is 7.24. The van der Waals surface area contributed by atoms with Crippen molar-refractivity contribution in [3.8, 4) is 5.75 Å². The third-order valence-corrected chi connectivity index (χ3v) is 4.92. The van der Waals surface area contributed by atoms with Gasteiger partial charge in [0.15, 0.2) is 0 Å². The third-order valence-electron chi connectivity index (χ3n) is 4.92. The highest BCUT2D eigenvalue weighted by atomic mass is 16.6. The van der Waals surface area contributed by atoms with E-state index in [2.05, 4.69) is 26.1 Å². The summed E-state index contributed by atoms with van der Waals surface area (Å²) in [6.07, 6.45) is 2.97. The molecule has 1 aromatic carbocycles. The van der Waals surface area contributed by atoms with Gasteiger partial charge in [0.05, 0.1) is 0 Å². The molecule has 2 N–H and O–H groups in total. The van der Waals surface area contributed by atoms with Crippen molar-refractivity contribution in [2.24, 2.45) is 17.8 Å². The lowest BCUT2D eigenvalue weighted by Crippen LogP contribution is -2.38. The second-order valence-electron chi connectivity index (χ2n) is 7.24. The fourth-order valence-corrected chi connectivity index (χ4v) is 3.43. The molecule has 3 atom stereocenters. The lowest BCUT2D eigenvalue weighted by atomic mass is 9.75. The lowest BCUT2D eigenvalue weighted by Gasteiger charge is -2.36. The van der Waals surface area contributed by atoms with Crippen LogP contribution in [0.25, 0.3) is 0 Å². The molecule has 23 heavy (non-hydrogen) atoms. The second kappa shape index (κ2) is 7.71. The van der Waals surface area contributed by atoms with Crippen molar-refractivity contribution in [2.45, 2.75) is 59.6 Å². The molecule has 0 radical (unpaired) electrons. The Morgan fingerprint density at radius 3 is 2.78 bits per heavy atom. The number of benzene rings is 1. The number of phenolic OH excluding ortho intramolecular Hbond substituents is 1. The molecule has 1 fully saturated rings. The van der Waals surface area contributed by atoms with Gasteiger partial charge in [0, 0.05) is 6.54 Å². The van der Waals surface area contributed by atoms with E-state index < -0.39 is 0 Å². The van der Waals surface area contributed by atoms with Crippen LogP contribution < -0.4 is 5.32 Å². The summed E-state index contributed by atoms with van der Waals surface area (Å²) in [6, 6.07) is 5.33. The molecule has 4 nitrogen and oxygen atoms in total. The number of aromatic hydroxyl groups is 1. The Labute approximate surface area is 139 Å². The molecule has 0 heterocycles. The number of hydrogen-bond acceptors (Lipinski definition) is 3. The van der Waals surface area contributed by atoms with Gasteiger partial charge in [-0.25, -0.2) is 4.79 Å². The van der Waals surface area contributed by atoms with E-state index in [0.717, 1.165) is 24.0 Å². The zero-order valence-corrected chi connectivity index (χ0v) is 14.6. The highest BCUT2D eigenvalue weighted by Crippen LogP contribution is 2.35. The maximum Gasteiger partial charge on any atom is 0.407 e. The molecule has 1 saturated carbocycles. The first-order valence-corrected chi connectivity index (χ1v) is 8.59. The molecule has 1 amide bonds. The fraction of sp³-hybridized carbons (Fsp3) is 0.632. The highest BCUT2D eigenvalue weighted by Gasteiger charge is 2.33. The van der Waals surface area contributed by atoms with Crippen LogP contribution in [0.5, 0.6) is 5.75 Å². The number of ether oxygens (including phenoxy) is 1. The summed E-state index contributed by atoms with van der Waals surface area (Å²) in [4.78, 5) is 12.1. The van der Waals surface area contributed by atoms with Crippen LogP contribution in [-0.2, 0) is 11.3 Å². The number of carbonyl (C=O) groups is 1. The maximum absolute atomic E-state index is 12.1. The Balaban J connectivity index is 1.88. The zero-order valence-electron chi connectivity index (χ0n) is 14.6. The Morgan fingerprint density at radius 2 is 2.13 bits per heavy atom. The van der Waals surface area contributed by atoms with Crippen LogP contribution in [-0.4, -0.2) is 17.3 Å². The first-order valence-electron chi connectivity index (χ1n) is 8.59. The van der Waals surface area contributed by atoms with Crippen LogP contribution in [0.1, 0.15) is 51.2 Å². The van der Waals surface area contributed by atoms with Crippen molar-refractivity contribution in [2.75, 3.05) is 0 Å². The molecule has 2 rings (SSSR count). The molecular formula is C19H29NO3. The van der Waals surface area contributed by atoms with E-state index in [0.29, 0.717) is 24.3 Å². The number of alkyl carbamates (subject to hydrolysis) is 1. The van der Waals surface area contributed by atoms with Gasteiger partial charge in [0.1, 0.15) is 11.9 Å². The van der Waals surface area contributed by atoms with E-state index in [1.165, 1.54) is 6.42 Å². The largest absolute Gasteiger partial charge is 0.508 e. The quantitative estimate of drug-likeness (QED) is 0.865. The molecule has 0 aliphatic heterocycles. The fourth-order valence-electron chi connectivity index (χ4n) is 3.43. The summed E-state index contributed by atoms with van der Waals surface area (Å²) in [5, 5.41) is 12.4. The highest BCUT2D eigenvalue weighted by molar-refractivity contribution is 5.67. The van der Waals surface area contributed by atoms with Gasteiger partial charge < -0.3 is 15.2 Å². The summed E-state index contributed by atoms with van der Waals surface area (Å²) in [5.41, 5.74) is 1.76. The topological polar surface area (TPSA) is 58.6 Å². The van der Waals surface area contributed by atoms with E-state index in [-0.39, 0.29) is 17.9 Å². The Bertz CT molecular complexity index is 541. The van der Waals surface area contributed by atoms with Gasteiger partial charge in [-0.1, -0.05) is 39.3 Å². The molecule has 0 aromatic heterocycles. The average molecular weight is 319 g/mol. The minimum absolute atomic E-state index is 0.0142. The van der Waals surface area contributed by atoms with Crippen molar-refractivity contribution in [3.05, 3.63) is 29.3 Å². The van der Waals surface area contributed by atoms with Gasteiger partial charge >= 0.3 is 6.09 Å². The van der Waals surface area contributed by atoms with Crippen molar-refractivity contribution in [1.82, 2.24) is 5.32 Å². The van der Waals surface area contributed by atoms with Crippen LogP contribution >= 0.6 is 0 Å². The standard InChI is InChI=1S/C19H29NO3/c1-12(2)16-7-5-13(3)9-18(16)23-19(22)20-11-15-6-8-17(21)14(4)10-15/h6,8,10,12-13,16,18,21H,5,7,9,11H2,1-4H3,(H,20,22).